The lowest BCUT2D eigenvalue weighted by Gasteiger charge is -2.32. The predicted molar refractivity (Wildman–Crippen MR) is 111 cm³/mol. The van der Waals surface area contributed by atoms with Gasteiger partial charge in [0, 0.05) is 35.6 Å². The van der Waals surface area contributed by atoms with Crippen molar-refractivity contribution in [3.63, 3.8) is 0 Å². The van der Waals surface area contributed by atoms with Crippen molar-refractivity contribution < 1.29 is 4.39 Å². The van der Waals surface area contributed by atoms with Gasteiger partial charge in [0.25, 0.3) is 0 Å². The molecule has 28 heavy (non-hydrogen) atoms. The van der Waals surface area contributed by atoms with E-state index in [0.29, 0.717) is 6.04 Å². The molecule has 3 aromatic rings. The minimum absolute atomic E-state index is 0.0446. The SMILES string of the molecule is CC[C@@H]1CSC2=N[C@H](c3ccccn3)[C@H](c3cccn3-c3cccc(F)c3)N21. The zero-order valence-corrected chi connectivity index (χ0v) is 16.4. The van der Waals surface area contributed by atoms with E-state index in [1.165, 1.54) is 6.07 Å². The van der Waals surface area contributed by atoms with Crippen LogP contribution in [0.2, 0.25) is 0 Å². The maximum atomic E-state index is 13.9. The van der Waals surface area contributed by atoms with Gasteiger partial charge in [-0.25, -0.2) is 4.39 Å². The number of rotatable bonds is 4. The molecule has 0 amide bonds. The molecular weight excluding hydrogens is 371 g/mol. The molecule has 4 nitrogen and oxygen atoms in total. The van der Waals surface area contributed by atoms with E-state index in [1.807, 2.05) is 54.5 Å². The number of benzene rings is 1. The van der Waals surface area contributed by atoms with Crippen LogP contribution in [0.25, 0.3) is 5.69 Å². The second-order valence-corrected chi connectivity index (χ2v) is 8.11. The summed E-state index contributed by atoms with van der Waals surface area (Å²) in [7, 11) is 0. The standard InChI is InChI=1S/C22H21FN4S/c1-2-16-14-28-22-25-20(18-9-3-4-11-24-18)21(27(16)22)19-10-6-12-26(19)17-8-5-7-15(23)13-17/h3-13,16,20-21H,2,14H2,1H3/t16-,20-,21+/m1/s1. The molecule has 2 aliphatic heterocycles. The Hall–Kier alpha value is -2.60. The van der Waals surface area contributed by atoms with Gasteiger partial charge in [0.05, 0.1) is 5.69 Å². The Bertz CT molecular complexity index is 1020. The average molecular weight is 393 g/mol. The van der Waals surface area contributed by atoms with E-state index in [0.717, 1.165) is 34.4 Å². The van der Waals surface area contributed by atoms with Crippen molar-refractivity contribution in [2.24, 2.45) is 4.99 Å². The van der Waals surface area contributed by atoms with Crippen LogP contribution in [-0.4, -0.2) is 31.4 Å². The highest BCUT2D eigenvalue weighted by Gasteiger charge is 2.46. The summed E-state index contributed by atoms with van der Waals surface area (Å²) in [5.74, 6) is 0.825. The molecular formula is C22H21FN4S. The van der Waals surface area contributed by atoms with Crippen molar-refractivity contribution in [3.05, 3.63) is 84.2 Å². The molecule has 1 fully saturated rings. The Morgan fingerprint density at radius 1 is 1.14 bits per heavy atom. The summed E-state index contributed by atoms with van der Waals surface area (Å²) in [5.41, 5.74) is 2.91. The van der Waals surface area contributed by atoms with Crippen molar-refractivity contribution in [2.75, 3.05) is 5.75 Å². The Kier molecular flexibility index (Phi) is 4.43. The van der Waals surface area contributed by atoms with E-state index >= 15 is 0 Å². The van der Waals surface area contributed by atoms with E-state index < -0.39 is 0 Å². The number of aliphatic imine (C=N–C) groups is 1. The monoisotopic (exact) mass is 392 g/mol. The lowest BCUT2D eigenvalue weighted by molar-refractivity contribution is 0.249. The molecule has 0 aliphatic carbocycles. The molecule has 2 aliphatic rings. The predicted octanol–water partition coefficient (Wildman–Crippen LogP) is 4.99. The topological polar surface area (TPSA) is 33.4 Å². The molecule has 5 rings (SSSR count). The number of thioether (sulfide) groups is 1. The average Bonchev–Trinajstić information content (AvgIpc) is 3.43. The lowest BCUT2D eigenvalue weighted by Crippen LogP contribution is -2.36. The minimum atomic E-state index is -0.232. The number of nitrogens with zero attached hydrogens (tertiary/aromatic N) is 4. The Balaban J connectivity index is 1.63. The van der Waals surface area contributed by atoms with Crippen molar-refractivity contribution in [1.29, 1.82) is 0 Å². The Morgan fingerprint density at radius 2 is 2.07 bits per heavy atom. The van der Waals surface area contributed by atoms with Crippen molar-refractivity contribution >= 4 is 16.9 Å². The highest BCUT2D eigenvalue weighted by molar-refractivity contribution is 8.14. The molecule has 0 spiro atoms. The smallest absolute Gasteiger partial charge is 0.160 e. The van der Waals surface area contributed by atoms with Gasteiger partial charge in [-0.15, -0.1) is 0 Å². The van der Waals surface area contributed by atoms with E-state index in [-0.39, 0.29) is 17.9 Å². The summed E-state index contributed by atoms with van der Waals surface area (Å²) in [4.78, 5) is 12.1. The lowest BCUT2D eigenvalue weighted by atomic mass is 9.99. The number of aromatic nitrogens is 2. The molecule has 2 aromatic heterocycles. The van der Waals surface area contributed by atoms with E-state index in [1.54, 1.807) is 12.1 Å². The van der Waals surface area contributed by atoms with Gasteiger partial charge in [-0.1, -0.05) is 30.8 Å². The summed E-state index contributed by atoms with van der Waals surface area (Å²) in [6.07, 6.45) is 4.89. The zero-order valence-electron chi connectivity index (χ0n) is 15.6. The van der Waals surface area contributed by atoms with Crippen LogP contribution in [-0.2, 0) is 0 Å². The van der Waals surface area contributed by atoms with Crippen LogP contribution in [0.4, 0.5) is 4.39 Å². The third-order valence-electron chi connectivity index (χ3n) is 5.50. The van der Waals surface area contributed by atoms with Crippen LogP contribution in [0.3, 0.4) is 0 Å². The van der Waals surface area contributed by atoms with Crippen LogP contribution in [0.5, 0.6) is 0 Å². The highest BCUT2D eigenvalue weighted by Crippen LogP contribution is 2.48. The summed E-state index contributed by atoms with van der Waals surface area (Å²) in [5, 5.41) is 1.10. The molecule has 0 radical (unpaired) electrons. The van der Waals surface area contributed by atoms with Gasteiger partial charge in [-0.05, 0) is 48.9 Å². The molecule has 6 heteroatoms. The van der Waals surface area contributed by atoms with Gasteiger partial charge in [0.2, 0.25) is 0 Å². The van der Waals surface area contributed by atoms with E-state index in [2.05, 4.69) is 27.4 Å². The first-order chi connectivity index (χ1) is 13.8. The molecule has 0 saturated carbocycles. The van der Waals surface area contributed by atoms with Crippen LogP contribution in [0.15, 0.2) is 72.0 Å². The number of hydrogen-bond acceptors (Lipinski definition) is 4. The third kappa shape index (κ3) is 2.83. The number of fused-ring (bicyclic) bond motifs is 1. The van der Waals surface area contributed by atoms with Gasteiger partial charge in [-0.2, -0.15) is 0 Å². The summed E-state index contributed by atoms with van der Waals surface area (Å²) >= 11 is 1.83. The number of amidine groups is 1. The van der Waals surface area contributed by atoms with Crippen LogP contribution >= 0.6 is 11.8 Å². The fourth-order valence-electron chi connectivity index (χ4n) is 4.17. The summed E-state index contributed by atoms with van der Waals surface area (Å²) < 4.78 is 16.0. The first-order valence-corrected chi connectivity index (χ1v) is 10.6. The minimum Gasteiger partial charge on any atom is -0.337 e. The van der Waals surface area contributed by atoms with Gasteiger partial charge in [-0.3, -0.25) is 9.98 Å². The number of pyridine rings is 1. The van der Waals surface area contributed by atoms with Crippen LogP contribution in [0.1, 0.15) is 36.8 Å². The Labute approximate surface area is 168 Å². The normalized spacial score (nSPS) is 23.7. The van der Waals surface area contributed by atoms with Crippen molar-refractivity contribution in [2.45, 2.75) is 31.5 Å². The Morgan fingerprint density at radius 3 is 2.86 bits per heavy atom. The van der Waals surface area contributed by atoms with E-state index in [4.69, 9.17) is 4.99 Å². The second-order valence-electron chi connectivity index (χ2n) is 7.12. The highest BCUT2D eigenvalue weighted by atomic mass is 32.2. The maximum Gasteiger partial charge on any atom is 0.160 e. The second kappa shape index (κ2) is 7.09. The zero-order chi connectivity index (χ0) is 19.1. The van der Waals surface area contributed by atoms with Gasteiger partial charge < -0.3 is 9.47 Å². The summed E-state index contributed by atoms with van der Waals surface area (Å²) in [6.45, 7) is 2.23. The van der Waals surface area contributed by atoms with Crippen LogP contribution in [0, 0.1) is 5.82 Å². The quantitative estimate of drug-likeness (QED) is 0.627. The first kappa shape index (κ1) is 17.5. The van der Waals surface area contributed by atoms with Crippen LogP contribution < -0.4 is 0 Å². The van der Waals surface area contributed by atoms with Crippen molar-refractivity contribution in [3.8, 4) is 5.69 Å². The molecule has 0 N–H and O–H groups in total. The molecule has 3 atom stereocenters. The number of hydrogen-bond donors (Lipinski definition) is 0. The number of halogens is 1. The molecule has 1 aromatic carbocycles. The fourth-order valence-corrected chi connectivity index (χ4v) is 5.50. The molecule has 0 unspecified atom stereocenters. The maximum absolute atomic E-state index is 13.9. The van der Waals surface area contributed by atoms with Gasteiger partial charge in [0.1, 0.15) is 17.9 Å². The van der Waals surface area contributed by atoms with Crippen molar-refractivity contribution in [1.82, 2.24) is 14.5 Å². The largest absolute Gasteiger partial charge is 0.337 e. The van der Waals surface area contributed by atoms with Gasteiger partial charge >= 0.3 is 0 Å². The van der Waals surface area contributed by atoms with Gasteiger partial charge in [0.15, 0.2) is 5.17 Å². The molecule has 0 bridgehead atoms. The van der Waals surface area contributed by atoms with E-state index in [9.17, 15) is 4.39 Å². The molecule has 4 heterocycles. The first-order valence-electron chi connectivity index (χ1n) is 9.59. The summed E-state index contributed by atoms with van der Waals surface area (Å²) in [6, 6.07) is 17.3. The molecule has 1 saturated heterocycles. The fraction of sp³-hybridized carbons (Fsp3) is 0.273. The third-order valence-corrected chi connectivity index (χ3v) is 6.62. The molecule has 142 valence electrons.